The fourth-order valence-corrected chi connectivity index (χ4v) is 6.15. The highest BCUT2D eigenvalue weighted by Gasteiger charge is 2.36. The maximum Gasteiger partial charge on any atom is 0.418 e. The fourth-order valence-electron chi connectivity index (χ4n) is 3.41. The molecule has 8 nitrogen and oxygen atoms in total. The van der Waals surface area contributed by atoms with Crippen molar-refractivity contribution >= 4 is 53.7 Å². The average Bonchev–Trinajstić information content (AvgIpc) is 3.14. The minimum absolute atomic E-state index is 0.00721. The number of carbonyl (C=O) groups excluding carboxylic acids is 1. The third kappa shape index (κ3) is 6.41. The molecule has 14 heteroatoms. The highest BCUT2D eigenvalue weighted by molar-refractivity contribution is 9.11. The maximum absolute atomic E-state index is 13.1. The molecule has 1 aliphatic heterocycles. The second kappa shape index (κ2) is 10.5. The van der Waals surface area contributed by atoms with Crippen molar-refractivity contribution in [2.75, 3.05) is 18.5 Å². The lowest BCUT2D eigenvalue weighted by Gasteiger charge is -2.18. The smallest absolute Gasteiger partial charge is 0.418 e. The van der Waals surface area contributed by atoms with Crippen LogP contribution in [0.5, 0.6) is 0 Å². The summed E-state index contributed by atoms with van der Waals surface area (Å²) in [4.78, 5) is 13.3. The van der Waals surface area contributed by atoms with Crippen LogP contribution in [0.2, 0.25) is 0 Å². The summed E-state index contributed by atoms with van der Waals surface area (Å²) in [5, 5.41) is 11.4. The molecule has 1 amide bonds. The molecule has 2 N–H and O–H groups in total. The Morgan fingerprint density at radius 2 is 1.94 bits per heavy atom. The van der Waals surface area contributed by atoms with Crippen molar-refractivity contribution in [1.82, 2.24) is 9.62 Å². The molecule has 182 valence electrons. The number of carbonyl (C=O) groups is 1. The zero-order valence-corrected chi connectivity index (χ0v) is 21.1. The van der Waals surface area contributed by atoms with Gasteiger partial charge in [-0.15, -0.1) is 0 Å². The molecule has 3 rings (SSSR count). The minimum atomic E-state index is -4.67. The predicted octanol–water partition coefficient (Wildman–Crippen LogP) is 4.68. The summed E-state index contributed by atoms with van der Waals surface area (Å²) in [6.07, 6.45) is -3.74. The minimum Gasteiger partial charge on any atom is -0.447 e. The molecule has 0 aromatic heterocycles. The molecule has 0 unspecified atom stereocenters. The average molecular weight is 626 g/mol. The molecule has 0 bridgehead atoms. The Bertz CT molecular complexity index is 1220. The first-order chi connectivity index (χ1) is 15.9. The van der Waals surface area contributed by atoms with Gasteiger partial charge in [-0.25, -0.2) is 17.9 Å². The number of hydrogen-bond acceptors (Lipinski definition) is 6. The van der Waals surface area contributed by atoms with Crippen LogP contribution in [0.3, 0.4) is 0 Å². The number of halogens is 5. The summed E-state index contributed by atoms with van der Waals surface area (Å²) < 4.78 is 73.3. The molecule has 0 aliphatic carbocycles. The Labute approximate surface area is 210 Å². The van der Waals surface area contributed by atoms with Crippen LogP contribution in [0.1, 0.15) is 12.0 Å². The topological polar surface area (TPSA) is 112 Å². The molecule has 1 fully saturated rings. The Morgan fingerprint density at radius 3 is 2.62 bits per heavy atom. The van der Waals surface area contributed by atoms with Crippen LogP contribution in [0.15, 0.2) is 56.3 Å². The van der Waals surface area contributed by atoms with Gasteiger partial charge in [-0.05, 0) is 52.7 Å². The van der Waals surface area contributed by atoms with E-state index in [0.717, 1.165) is 12.1 Å². The van der Waals surface area contributed by atoms with E-state index in [9.17, 15) is 31.6 Å². The van der Waals surface area contributed by atoms with Gasteiger partial charge >= 0.3 is 12.3 Å². The predicted molar refractivity (Wildman–Crippen MR) is 123 cm³/mol. The number of nitrogens with one attached hydrogen (secondary N) is 2. The van der Waals surface area contributed by atoms with E-state index in [4.69, 9.17) is 4.74 Å². The van der Waals surface area contributed by atoms with Crippen molar-refractivity contribution < 1.29 is 31.1 Å². The van der Waals surface area contributed by atoms with Crippen molar-refractivity contribution in [2.24, 2.45) is 0 Å². The summed E-state index contributed by atoms with van der Waals surface area (Å²) in [5.74, 6) is 0. The number of nitrogens with zero attached hydrogens (tertiary/aromatic N) is 2. The van der Waals surface area contributed by atoms with Crippen LogP contribution in [-0.2, 0) is 20.9 Å². The monoisotopic (exact) mass is 624 g/mol. The second-order valence-electron chi connectivity index (χ2n) is 7.30. The SMILES string of the molecule is N#CN1C[C@H](NS(=O)(=O)c2cc(Br)ccc2Br)C[C@@H]1COC(=O)Nc1ccccc1C(F)(F)F. The molecule has 1 heterocycles. The molecule has 2 aromatic rings. The molecule has 34 heavy (non-hydrogen) atoms. The van der Waals surface area contributed by atoms with E-state index < -0.39 is 45.6 Å². The van der Waals surface area contributed by atoms with E-state index >= 15 is 0 Å². The zero-order chi connectivity index (χ0) is 25.1. The Kier molecular flexibility index (Phi) is 8.12. The van der Waals surface area contributed by atoms with Crippen molar-refractivity contribution in [3.8, 4) is 6.19 Å². The number of sulfonamides is 1. The Hall–Kier alpha value is -2.34. The first-order valence-corrected chi connectivity index (χ1v) is 12.7. The van der Waals surface area contributed by atoms with E-state index in [1.165, 1.54) is 23.1 Å². The lowest BCUT2D eigenvalue weighted by molar-refractivity contribution is -0.136. The lowest BCUT2D eigenvalue weighted by atomic mass is 10.1. The van der Waals surface area contributed by atoms with Crippen molar-refractivity contribution in [3.05, 3.63) is 57.0 Å². The first kappa shape index (κ1) is 26.3. The van der Waals surface area contributed by atoms with Crippen LogP contribution >= 0.6 is 31.9 Å². The molecule has 1 saturated heterocycles. The van der Waals surface area contributed by atoms with Crippen LogP contribution in [-0.4, -0.2) is 44.6 Å². The van der Waals surface area contributed by atoms with E-state index in [1.807, 2.05) is 6.19 Å². The standard InChI is InChI=1S/C20H17Br2F3N4O4S/c21-12-5-6-16(22)18(7-12)34(31,32)28-13-8-14(29(9-13)11-26)10-33-19(30)27-17-4-2-1-3-15(17)20(23,24)25/h1-7,13-14,28H,8-10H2,(H,27,30)/t13-,14-/m1/s1. The molecule has 0 spiro atoms. The van der Waals surface area contributed by atoms with Gasteiger partial charge in [0.2, 0.25) is 10.0 Å². The van der Waals surface area contributed by atoms with Gasteiger partial charge in [0.15, 0.2) is 6.19 Å². The van der Waals surface area contributed by atoms with Gasteiger partial charge in [0.1, 0.15) is 6.61 Å². The first-order valence-electron chi connectivity index (χ1n) is 9.64. The lowest BCUT2D eigenvalue weighted by Crippen LogP contribution is -2.36. The quantitative estimate of drug-likeness (QED) is 0.451. The molecule has 0 saturated carbocycles. The Balaban J connectivity index is 1.62. The third-order valence-corrected chi connectivity index (χ3v) is 7.93. The molecular weight excluding hydrogens is 609 g/mol. The van der Waals surface area contributed by atoms with Gasteiger partial charge in [-0.1, -0.05) is 28.1 Å². The number of anilines is 1. The normalized spacial score (nSPS) is 18.4. The van der Waals surface area contributed by atoms with E-state index in [-0.39, 0.29) is 24.5 Å². The number of nitriles is 1. The number of rotatable bonds is 6. The van der Waals surface area contributed by atoms with Crippen LogP contribution in [0.25, 0.3) is 0 Å². The highest BCUT2D eigenvalue weighted by atomic mass is 79.9. The van der Waals surface area contributed by atoms with Crippen LogP contribution in [0.4, 0.5) is 23.7 Å². The summed E-state index contributed by atoms with van der Waals surface area (Å²) >= 11 is 6.42. The van der Waals surface area contributed by atoms with Crippen molar-refractivity contribution in [3.63, 3.8) is 0 Å². The third-order valence-electron chi connectivity index (χ3n) is 4.92. The number of ether oxygens (including phenoxy) is 1. The van der Waals surface area contributed by atoms with Crippen molar-refractivity contribution in [1.29, 1.82) is 5.26 Å². The van der Waals surface area contributed by atoms with Crippen molar-refractivity contribution in [2.45, 2.75) is 29.6 Å². The number of para-hydroxylation sites is 1. The zero-order valence-electron chi connectivity index (χ0n) is 17.1. The maximum atomic E-state index is 13.1. The van der Waals surface area contributed by atoms with Gasteiger partial charge in [0.25, 0.3) is 0 Å². The number of amides is 1. The second-order valence-corrected chi connectivity index (χ2v) is 10.8. The van der Waals surface area contributed by atoms with Gasteiger partial charge in [0.05, 0.1) is 22.2 Å². The van der Waals surface area contributed by atoms with Crippen LogP contribution in [0, 0.1) is 11.5 Å². The van der Waals surface area contributed by atoms with E-state index in [0.29, 0.717) is 8.95 Å². The van der Waals surface area contributed by atoms with Gasteiger partial charge in [-0.2, -0.15) is 18.4 Å². The number of likely N-dealkylation sites (tertiary alicyclic amines) is 1. The number of alkyl halides is 3. The Morgan fingerprint density at radius 1 is 1.24 bits per heavy atom. The molecule has 2 aromatic carbocycles. The largest absolute Gasteiger partial charge is 0.447 e. The molecule has 2 atom stereocenters. The van der Waals surface area contributed by atoms with E-state index in [1.54, 1.807) is 12.1 Å². The van der Waals surface area contributed by atoms with E-state index in [2.05, 4.69) is 41.9 Å². The molecular formula is C20H17Br2F3N4O4S. The summed E-state index contributed by atoms with van der Waals surface area (Å²) in [5.41, 5.74) is -1.49. The van der Waals surface area contributed by atoms with Gasteiger partial charge in [0, 0.05) is 21.5 Å². The summed E-state index contributed by atoms with van der Waals surface area (Å²) in [6.45, 7) is -0.291. The van der Waals surface area contributed by atoms with Crippen LogP contribution < -0.4 is 10.0 Å². The molecule has 1 aliphatic rings. The number of benzene rings is 2. The van der Waals surface area contributed by atoms with Gasteiger partial charge < -0.3 is 9.64 Å². The summed E-state index contributed by atoms with van der Waals surface area (Å²) in [6, 6.07) is 7.79. The summed E-state index contributed by atoms with van der Waals surface area (Å²) in [7, 11) is -3.93. The fraction of sp³-hybridized carbons (Fsp3) is 0.300. The highest BCUT2D eigenvalue weighted by Crippen LogP contribution is 2.34. The van der Waals surface area contributed by atoms with Gasteiger partial charge in [-0.3, -0.25) is 5.32 Å². The molecule has 0 radical (unpaired) electrons. The number of hydrogen-bond donors (Lipinski definition) is 2.